The van der Waals surface area contributed by atoms with E-state index in [0.717, 1.165) is 25.8 Å². The standard InChI is InChI=1S/C13H11Br2NO2/c1-7-3-8(2)12(10(15)4-7)16-6-9(14)5-11(16)13(17)18/h3-6H,1-2H3,(H,17,18). The van der Waals surface area contributed by atoms with E-state index in [1.54, 1.807) is 16.8 Å². The van der Waals surface area contributed by atoms with Gasteiger partial charge in [0.15, 0.2) is 0 Å². The fourth-order valence-corrected chi connectivity index (χ4v) is 3.28. The molecule has 0 bridgehead atoms. The van der Waals surface area contributed by atoms with Crippen molar-refractivity contribution in [3.63, 3.8) is 0 Å². The van der Waals surface area contributed by atoms with Gasteiger partial charge >= 0.3 is 5.97 Å². The van der Waals surface area contributed by atoms with Crippen molar-refractivity contribution >= 4 is 37.8 Å². The number of carbonyl (C=O) groups is 1. The van der Waals surface area contributed by atoms with Gasteiger partial charge in [0, 0.05) is 15.1 Å². The lowest BCUT2D eigenvalue weighted by Gasteiger charge is -2.13. The predicted octanol–water partition coefficient (Wildman–Crippen LogP) is 4.32. The molecule has 5 heteroatoms. The SMILES string of the molecule is Cc1cc(C)c(-n2cc(Br)cc2C(=O)O)c(Br)c1. The first-order valence-corrected chi connectivity index (χ1v) is 6.87. The minimum Gasteiger partial charge on any atom is -0.477 e. The van der Waals surface area contributed by atoms with Crippen molar-refractivity contribution in [1.29, 1.82) is 0 Å². The highest BCUT2D eigenvalue weighted by Gasteiger charge is 2.16. The minimum atomic E-state index is -0.951. The maximum absolute atomic E-state index is 11.2. The third kappa shape index (κ3) is 2.37. The number of hydrogen-bond donors (Lipinski definition) is 1. The largest absolute Gasteiger partial charge is 0.477 e. The molecule has 0 unspecified atom stereocenters. The van der Waals surface area contributed by atoms with Gasteiger partial charge in [-0.15, -0.1) is 0 Å². The Balaban J connectivity index is 2.73. The van der Waals surface area contributed by atoms with E-state index in [4.69, 9.17) is 0 Å². The molecule has 18 heavy (non-hydrogen) atoms. The summed E-state index contributed by atoms with van der Waals surface area (Å²) in [5.74, 6) is -0.951. The van der Waals surface area contributed by atoms with Crippen LogP contribution in [0.2, 0.25) is 0 Å². The number of aryl methyl sites for hydroxylation is 2. The Kier molecular flexibility index (Phi) is 3.64. The van der Waals surface area contributed by atoms with Crippen LogP contribution in [0.3, 0.4) is 0 Å². The highest BCUT2D eigenvalue weighted by Crippen LogP contribution is 2.29. The van der Waals surface area contributed by atoms with E-state index in [1.165, 1.54) is 0 Å². The maximum Gasteiger partial charge on any atom is 0.352 e. The smallest absolute Gasteiger partial charge is 0.352 e. The Labute approximate surface area is 122 Å². The normalized spacial score (nSPS) is 10.7. The van der Waals surface area contributed by atoms with Crippen LogP contribution >= 0.6 is 31.9 Å². The van der Waals surface area contributed by atoms with Crippen LogP contribution in [0.25, 0.3) is 5.69 Å². The molecular weight excluding hydrogens is 362 g/mol. The lowest BCUT2D eigenvalue weighted by Crippen LogP contribution is -2.07. The number of halogens is 2. The van der Waals surface area contributed by atoms with E-state index in [2.05, 4.69) is 31.9 Å². The number of rotatable bonds is 2. The molecule has 1 aromatic heterocycles. The van der Waals surface area contributed by atoms with Gasteiger partial charge in [-0.25, -0.2) is 4.79 Å². The van der Waals surface area contributed by atoms with Gasteiger partial charge in [-0.3, -0.25) is 0 Å². The van der Waals surface area contributed by atoms with Crippen LogP contribution in [0.15, 0.2) is 33.3 Å². The molecule has 0 aliphatic heterocycles. The molecule has 0 spiro atoms. The van der Waals surface area contributed by atoms with Crippen molar-refractivity contribution in [2.24, 2.45) is 0 Å². The van der Waals surface area contributed by atoms with Gasteiger partial charge < -0.3 is 9.67 Å². The van der Waals surface area contributed by atoms with Gasteiger partial charge in [0.1, 0.15) is 5.69 Å². The molecule has 0 saturated heterocycles. The molecule has 2 rings (SSSR count). The summed E-state index contributed by atoms with van der Waals surface area (Å²) < 4.78 is 3.29. The Morgan fingerprint density at radius 3 is 2.44 bits per heavy atom. The summed E-state index contributed by atoms with van der Waals surface area (Å²) >= 11 is 6.81. The molecule has 1 N–H and O–H groups in total. The summed E-state index contributed by atoms with van der Waals surface area (Å²) in [5.41, 5.74) is 3.23. The Morgan fingerprint density at radius 1 is 1.22 bits per heavy atom. The monoisotopic (exact) mass is 371 g/mol. The maximum atomic E-state index is 11.2. The van der Waals surface area contributed by atoms with Crippen molar-refractivity contribution in [3.8, 4) is 5.69 Å². The Morgan fingerprint density at radius 2 is 1.89 bits per heavy atom. The Bertz CT molecular complexity index is 609. The molecule has 0 amide bonds. The van der Waals surface area contributed by atoms with Gasteiger partial charge in [0.05, 0.1) is 5.69 Å². The van der Waals surface area contributed by atoms with E-state index in [1.807, 2.05) is 26.0 Å². The lowest BCUT2D eigenvalue weighted by molar-refractivity contribution is 0.0688. The highest BCUT2D eigenvalue weighted by atomic mass is 79.9. The number of aromatic carboxylic acids is 1. The van der Waals surface area contributed by atoms with Crippen molar-refractivity contribution in [2.75, 3.05) is 0 Å². The lowest BCUT2D eigenvalue weighted by atomic mass is 10.1. The number of carboxylic acid groups (broad SMARTS) is 1. The number of carboxylic acids is 1. The summed E-state index contributed by atoms with van der Waals surface area (Å²) in [6.07, 6.45) is 1.76. The summed E-state index contributed by atoms with van der Waals surface area (Å²) in [6.45, 7) is 3.97. The number of aromatic nitrogens is 1. The van der Waals surface area contributed by atoms with Gasteiger partial charge in [-0.1, -0.05) is 6.07 Å². The molecule has 0 aliphatic carbocycles. The van der Waals surface area contributed by atoms with E-state index in [-0.39, 0.29) is 5.69 Å². The molecular formula is C13H11Br2NO2. The average Bonchev–Trinajstić information content (AvgIpc) is 2.58. The van der Waals surface area contributed by atoms with E-state index in [0.29, 0.717) is 0 Å². The molecule has 0 saturated carbocycles. The molecule has 0 atom stereocenters. The van der Waals surface area contributed by atoms with Crippen LogP contribution in [0.5, 0.6) is 0 Å². The topological polar surface area (TPSA) is 42.2 Å². The van der Waals surface area contributed by atoms with Crippen molar-refractivity contribution in [3.05, 3.63) is 50.2 Å². The molecule has 1 heterocycles. The van der Waals surface area contributed by atoms with Gasteiger partial charge in [-0.2, -0.15) is 0 Å². The van der Waals surface area contributed by atoms with Gasteiger partial charge in [0.25, 0.3) is 0 Å². The average molecular weight is 373 g/mol. The second-order valence-electron chi connectivity index (χ2n) is 4.13. The van der Waals surface area contributed by atoms with Crippen molar-refractivity contribution in [1.82, 2.24) is 4.57 Å². The van der Waals surface area contributed by atoms with Crippen LogP contribution in [-0.4, -0.2) is 15.6 Å². The van der Waals surface area contributed by atoms with E-state index in [9.17, 15) is 9.90 Å². The Hall–Kier alpha value is -1.07. The first-order chi connectivity index (χ1) is 8.40. The van der Waals surface area contributed by atoms with Crippen LogP contribution in [0.1, 0.15) is 21.6 Å². The summed E-state index contributed by atoms with van der Waals surface area (Å²) in [5, 5.41) is 9.22. The highest BCUT2D eigenvalue weighted by molar-refractivity contribution is 9.10. The van der Waals surface area contributed by atoms with Crippen molar-refractivity contribution in [2.45, 2.75) is 13.8 Å². The molecule has 0 radical (unpaired) electrons. The van der Waals surface area contributed by atoms with Crippen molar-refractivity contribution < 1.29 is 9.90 Å². The fraction of sp³-hybridized carbons (Fsp3) is 0.154. The zero-order valence-corrected chi connectivity index (χ0v) is 13.0. The van der Waals surface area contributed by atoms with Gasteiger partial charge in [0.2, 0.25) is 0 Å². The van der Waals surface area contributed by atoms with Crippen LogP contribution in [0, 0.1) is 13.8 Å². The van der Waals surface area contributed by atoms with Crippen LogP contribution < -0.4 is 0 Å². The number of benzene rings is 1. The number of hydrogen-bond acceptors (Lipinski definition) is 1. The first-order valence-electron chi connectivity index (χ1n) is 5.28. The molecule has 1 aromatic carbocycles. The molecule has 3 nitrogen and oxygen atoms in total. The summed E-state index contributed by atoms with van der Waals surface area (Å²) in [4.78, 5) is 11.2. The molecule has 0 fully saturated rings. The second-order valence-corrected chi connectivity index (χ2v) is 5.90. The zero-order valence-electron chi connectivity index (χ0n) is 9.87. The summed E-state index contributed by atoms with van der Waals surface area (Å²) in [7, 11) is 0. The third-order valence-corrected chi connectivity index (χ3v) is 3.68. The zero-order chi connectivity index (χ0) is 13.4. The predicted molar refractivity (Wildman–Crippen MR) is 77.6 cm³/mol. The molecule has 0 aliphatic rings. The van der Waals surface area contributed by atoms with E-state index < -0.39 is 5.97 Å². The van der Waals surface area contributed by atoms with Crippen LogP contribution in [0.4, 0.5) is 0 Å². The fourth-order valence-electron chi connectivity index (χ4n) is 1.99. The van der Waals surface area contributed by atoms with E-state index >= 15 is 0 Å². The minimum absolute atomic E-state index is 0.231. The molecule has 94 valence electrons. The third-order valence-electron chi connectivity index (χ3n) is 2.64. The number of nitrogens with zero attached hydrogens (tertiary/aromatic N) is 1. The van der Waals surface area contributed by atoms with Crippen LogP contribution in [-0.2, 0) is 0 Å². The molecule has 2 aromatic rings. The second kappa shape index (κ2) is 4.90. The quantitative estimate of drug-likeness (QED) is 0.852. The first kappa shape index (κ1) is 13.4. The van der Waals surface area contributed by atoms with Gasteiger partial charge in [-0.05, 0) is 69.0 Å². The summed E-state index contributed by atoms with van der Waals surface area (Å²) in [6, 6.07) is 5.59.